The molecule has 2 aromatic carbocycles. The average molecular weight is 331 g/mol. The van der Waals surface area contributed by atoms with Gasteiger partial charge in [0.05, 0.1) is 5.92 Å². The van der Waals surface area contributed by atoms with Crippen LogP contribution in [0.25, 0.3) is 5.57 Å². The number of benzene rings is 2. The molecule has 0 saturated heterocycles. The first-order valence-corrected chi connectivity index (χ1v) is 7.82. The molecule has 0 bridgehead atoms. The van der Waals surface area contributed by atoms with E-state index in [1.807, 2.05) is 73.7 Å². The lowest BCUT2D eigenvalue weighted by Crippen LogP contribution is -2.13. The van der Waals surface area contributed by atoms with Crippen LogP contribution >= 0.6 is 0 Å². The molecule has 1 unspecified atom stereocenters. The van der Waals surface area contributed by atoms with Gasteiger partial charge in [-0.15, -0.1) is 0 Å². The lowest BCUT2D eigenvalue weighted by atomic mass is 9.86. The van der Waals surface area contributed by atoms with E-state index in [4.69, 9.17) is 0 Å². The Hall–Kier alpha value is -3.44. The number of nitriles is 2. The van der Waals surface area contributed by atoms with Crippen LogP contribution in [0, 0.1) is 39.7 Å². The van der Waals surface area contributed by atoms with Crippen LogP contribution in [-0.2, 0) is 0 Å². The standard InChI is InChI=1S/C20H17N3O2/c1-15-7-9-17(10-8-15)20(19(12-21)13-22)11-18(14-23(24)25)16-5-3-2-4-6-16/h2-10,18H,11,14H2,1H3. The summed E-state index contributed by atoms with van der Waals surface area (Å²) in [7, 11) is 0. The molecule has 2 aromatic rings. The fourth-order valence-corrected chi connectivity index (χ4v) is 2.72. The lowest BCUT2D eigenvalue weighted by molar-refractivity contribution is -0.483. The maximum Gasteiger partial charge on any atom is 0.211 e. The predicted octanol–water partition coefficient (Wildman–Crippen LogP) is 4.25. The third kappa shape index (κ3) is 4.76. The quantitative estimate of drug-likeness (QED) is 0.449. The number of hydrogen-bond acceptors (Lipinski definition) is 4. The number of rotatable bonds is 6. The Kier molecular flexibility index (Phi) is 6.03. The van der Waals surface area contributed by atoms with Crippen molar-refractivity contribution >= 4 is 5.57 Å². The summed E-state index contributed by atoms with van der Waals surface area (Å²) in [5.41, 5.74) is 3.16. The van der Waals surface area contributed by atoms with Crippen molar-refractivity contribution < 1.29 is 4.92 Å². The van der Waals surface area contributed by atoms with Crippen molar-refractivity contribution in [2.24, 2.45) is 0 Å². The van der Waals surface area contributed by atoms with E-state index in [9.17, 15) is 20.6 Å². The molecule has 0 radical (unpaired) electrons. The predicted molar refractivity (Wildman–Crippen MR) is 95.0 cm³/mol. The van der Waals surface area contributed by atoms with Gasteiger partial charge < -0.3 is 0 Å². The van der Waals surface area contributed by atoms with Gasteiger partial charge in [-0.1, -0.05) is 60.2 Å². The summed E-state index contributed by atoms with van der Waals surface area (Å²) in [6, 6.07) is 20.5. The van der Waals surface area contributed by atoms with Crippen LogP contribution in [0.1, 0.15) is 29.0 Å². The normalized spacial score (nSPS) is 11.0. The Morgan fingerprint density at radius 3 is 2.20 bits per heavy atom. The fraction of sp³-hybridized carbons (Fsp3) is 0.200. The van der Waals surface area contributed by atoms with Crippen LogP contribution < -0.4 is 0 Å². The molecule has 0 saturated carbocycles. The zero-order valence-corrected chi connectivity index (χ0v) is 13.8. The van der Waals surface area contributed by atoms with Gasteiger partial charge in [0.1, 0.15) is 17.7 Å². The van der Waals surface area contributed by atoms with Crippen molar-refractivity contribution in [1.82, 2.24) is 0 Å². The molecule has 5 heteroatoms. The molecule has 5 nitrogen and oxygen atoms in total. The third-order valence-corrected chi connectivity index (χ3v) is 4.02. The Morgan fingerprint density at radius 2 is 1.68 bits per heavy atom. The molecule has 0 fully saturated rings. The molecule has 0 heterocycles. The first-order valence-electron chi connectivity index (χ1n) is 7.82. The summed E-state index contributed by atoms with van der Waals surface area (Å²) in [6.45, 7) is 1.69. The van der Waals surface area contributed by atoms with Crippen LogP contribution in [0.5, 0.6) is 0 Å². The average Bonchev–Trinajstić information content (AvgIpc) is 2.62. The van der Waals surface area contributed by atoms with Gasteiger partial charge >= 0.3 is 0 Å². The minimum atomic E-state index is -0.413. The van der Waals surface area contributed by atoms with Gasteiger partial charge in [-0.3, -0.25) is 10.1 Å². The van der Waals surface area contributed by atoms with E-state index in [1.54, 1.807) is 0 Å². The first-order chi connectivity index (χ1) is 12.0. The monoisotopic (exact) mass is 331 g/mol. The second-order valence-corrected chi connectivity index (χ2v) is 5.77. The summed E-state index contributed by atoms with van der Waals surface area (Å²) >= 11 is 0. The van der Waals surface area contributed by atoms with Crippen LogP contribution in [-0.4, -0.2) is 11.5 Å². The minimum absolute atomic E-state index is 0.00636. The van der Waals surface area contributed by atoms with E-state index >= 15 is 0 Å². The molecule has 0 amide bonds. The van der Waals surface area contributed by atoms with Crippen LogP contribution in [0.3, 0.4) is 0 Å². The van der Waals surface area contributed by atoms with E-state index in [0.717, 1.165) is 16.7 Å². The molecule has 0 aliphatic rings. The van der Waals surface area contributed by atoms with E-state index in [1.165, 1.54) is 0 Å². The van der Waals surface area contributed by atoms with Gasteiger partial charge in [-0.05, 0) is 30.0 Å². The molecule has 0 N–H and O–H groups in total. The topological polar surface area (TPSA) is 90.7 Å². The Bertz CT molecular complexity index is 841. The van der Waals surface area contributed by atoms with E-state index in [0.29, 0.717) is 5.57 Å². The SMILES string of the molecule is Cc1ccc(C(CC(C[N+](=O)[O-])c2ccccc2)=C(C#N)C#N)cc1. The van der Waals surface area contributed by atoms with Crippen LogP contribution in [0.4, 0.5) is 0 Å². The smallest absolute Gasteiger partial charge is 0.211 e. The molecule has 0 spiro atoms. The molecule has 2 rings (SSSR count). The summed E-state index contributed by atoms with van der Waals surface area (Å²) in [5.74, 6) is -0.413. The van der Waals surface area contributed by atoms with Crippen molar-refractivity contribution in [2.75, 3.05) is 6.54 Å². The summed E-state index contributed by atoms with van der Waals surface area (Å²) in [5, 5.41) is 29.7. The molecule has 0 aliphatic carbocycles. The second-order valence-electron chi connectivity index (χ2n) is 5.77. The van der Waals surface area contributed by atoms with E-state index < -0.39 is 5.92 Å². The van der Waals surface area contributed by atoms with Gasteiger partial charge in [-0.2, -0.15) is 10.5 Å². The van der Waals surface area contributed by atoms with Gasteiger partial charge in [-0.25, -0.2) is 0 Å². The van der Waals surface area contributed by atoms with Crippen LogP contribution in [0.15, 0.2) is 60.2 Å². The highest BCUT2D eigenvalue weighted by Gasteiger charge is 2.22. The molecule has 124 valence electrons. The van der Waals surface area contributed by atoms with Gasteiger partial charge in [0.2, 0.25) is 6.54 Å². The van der Waals surface area contributed by atoms with Crippen molar-refractivity contribution in [3.63, 3.8) is 0 Å². The summed E-state index contributed by atoms with van der Waals surface area (Å²) < 4.78 is 0. The maximum atomic E-state index is 11.1. The van der Waals surface area contributed by atoms with Crippen molar-refractivity contribution in [3.8, 4) is 12.1 Å². The number of allylic oxidation sites excluding steroid dienone is 2. The van der Waals surface area contributed by atoms with Crippen LogP contribution in [0.2, 0.25) is 0 Å². The zero-order chi connectivity index (χ0) is 18.2. The first kappa shape index (κ1) is 17.9. The molecule has 25 heavy (non-hydrogen) atoms. The van der Waals surface area contributed by atoms with Crippen molar-refractivity contribution in [3.05, 3.63) is 87.0 Å². The van der Waals surface area contributed by atoms with Gasteiger partial charge in [0.15, 0.2) is 0 Å². The molecular weight excluding hydrogens is 314 g/mol. The number of nitro groups is 1. The van der Waals surface area contributed by atoms with Gasteiger partial charge in [0.25, 0.3) is 0 Å². The van der Waals surface area contributed by atoms with Crippen molar-refractivity contribution in [2.45, 2.75) is 19.3 Å². The second kappa shape index (κ2) is 8.42. The largest absolute Gasteiger partial charge is 0.265 e. The third-order valence-electron chi connectivity index (χ3n) is 4.02. The molecule has 0 aromatic heterocycles. The Balaban J connectivity index is 2.48. The lowest BCUT2D eigenvalue weighted by Gasteiger charge is -2.16. The number of nitrogens with zero attached hydrogens (tertiary/aromatic N) is 3. The maximum absolute atomic E-state index is 11.1. The van der Waals surface area contributed by atoms with Crippen molar-refractivity contribution in [1.29, 1.82) is 10.5 Å². The summed E-state index contributed by atoms with van der Waals surface area (Å²) in [6.07, 6.45) is 0.254. The number of hydrogen-bond donors (Lipinski definition) is 0. The number of aryl methyl sites for hydroxylation is 1. The Morgan fingerprint density at radius 1 is 1.08 bits per heavy atom. The minimum Gasteiger partial charge on any atom is -0.265 e. The molecule has 0 aliphatic heterocycles. The zero-order valence-electron chi connectivity index (χ0n) is 13.8. The van der Waals surface area contributed by atoms with Gasteiger partial charge in [0, 0.05) is 4.92 Å². The highest BCUT2D eigenvalue weighted by atomic mass is 16.6. The highest BCUT2D eigenvalue weighted by molar-refractivity contribution is 5.76. The molecular formula is C20H17N3O2. The highest BCUT2D eigenvalue weighted by Crippen LogP contribution is 2.31. The Labute approximate surface area is 146 Å². The van der Waals surface area contributed by atoms with E-state index in [2.05, 4.69) is 0 Å². The van der Waals surface area contributed by atoms with E-state index in [-0.39, 0.29) is 23.5 Å². The fourth-order valence-electron chi connectivity index (χ4n) is 2.72. The molecule has 1 atom stereocenters. The summed E-state index contributed by atoms with van der Waals surface area (Å²) in [4.78, 5) is 10.8.